The van der Waals surface area contributed by atoms with Crippen molar-refractivity contribution in [2.75, 3.05) is 11.4 Å². The number of rotatable bonds is 6. The van der Waals surface area contributed by atoms with Crippen LogP contribution < -0.4 is 4.90 Å². The van der Waals surface area contributed by atoms with Crippen LogP contribution in [0.1, 0.15) is 44.9 Å². The highest BCUT2D eigenvalue weighted by Gasteiger charge is 2.14. The van der Waals surface area contributed by atoms with Crippen molar-refractivity contribution >= 4 is 11.4 Å². The maximum absolute atomic E-state index is 13.2. The lowest BCUT2D eigenvalue weighted by molar-refractivity contribution is 0.334. The van der Waals surface area contributed by atoms with Crippen LogP contribution in [0.4, 0.5) is 15.8 Å². The second kappa shape index (κ2) is 8.14. The largest absolute Gasteiger partial charge is 0.341 e. The molecule has 0 bridgehead atoms. The minimum Gasteiger partial charge on any atom is -0.341 e. The molecule has 3 rings (SSSR count). The Kier molecular flexibility index (Phi) is 5.68. The Hall–Kier alpha value is -1.83. The Balaban J connectivity index is 1.66. The molecule has 0 aliphatic heterocycles. The Morgan fingerprint density at radius 1 is 0.826 bits per heavy atom. The van der Waals surface area contributed by atoms with Crippen molar-refractivity contribution in [3.63, 3.8) is 0 Å². The minimum absolute atomic E-state index is 0.177. The summed E-state index contributed by atoms with van der Waals surface area (Å²) in [7, 11) is 0. The molecule has 23 heavy (non-hydrogen) atoms. The first kappa shape index (κ1) is 16.0. The molecule has 0 atom stereocenters. The normalized spacial score (nSPS) is 15.5. The maximum atomic E-state index is 13.2. The number of anilines is 2. The van der Waals surface area contributed by atoms with Gasteiger partial charge in [0.25, 0.3) is 0 Å². The van der Waals surface area contributed by atoms with Crippen LogP contribution in [-0.2, 0) is 0 Å². The van der Waals surface area contributed by atoms with Crippen LogP contribution in [-0.4, -0.2) is 6.54 Å². The molecule has 1 aliphatic carbocycles. The summed E-state index contributed by atoms with van der Waals surface area (Å²) in [5.74, 6) is 0.735. The molecule has 2 aromatic carbocycles. The smallest absolute Gasteiger partial charge is 0.123 e. The van der Waals surface area contributed by atoms with Crippen molar-refractivity contribution in [3.8, 4) is 0 Å². The SMILES string of the molecule is Fc1ccc(N(CCCC2CCCCC2)c2ccccc2)cc1. The number of hydrogen-bond donors (Lipinski definition) is 0. The Labute approximate surface area is 139 Å². The molecule has 1 aliphatic rings. The molecule has 1 nitrogen and oxygen atoms in total. The molecule has 1 saturated carbocycles. The molecule has 0 radical (unpaired) electrons. The first-order valence-electron chi connectivity index (χ1n) is 8.91. The topological polar surface area (TPSA) is 3.24 Å². The van der Waals surface area contributed by atoms with E-state index in [1.165, 1.54) is 50.6 Å². The summed E-state index contributed by atoms with van der Waals surface area (Å²) in [6.45, 7) is 0.992. The molecule has 0 heterocycles. The zero-order valence-corrected chi connectivity index (χ0v) is 13.8. The Morgan fingerprint density at radius 2 is 1.48 bits per heavy atom. The summed E-state index contributed by atoms with van der Waals surface area (Å²) in [6.07, 6.45) is 9.55. The number of benzene rings is 2. The molecular formula is C21H26FN. The molecule has 0 amide bonds. The van der Waals surface area contributed by atoms with E-state index in [4.69, 9.17) is 0 Å². The molecule has 2 aromatic rings. The summed E-state index contributed by atoms with van der Waals surface area (Å²) < 4.78 is 13.2. The predicted octanol–water partition coefficient (Wildman–Crippen LogP) is 6.32. The van der Waals surface area contributed by atoms with E-state index < -0.39 is 0 Å². The monoisotopic (exact) mass is 311 g/mol. The van der Waals surface area contributed by atoms with E-state index >= 15 is 0 Å². The summed E-state index contributed by atoms with van der Waals surface area (Å²) in [4.78, 5) is 2.31. The molecule has 0 spiro atoms. The fourth-order valence-corrected chi connectivity index (χ4v) is 3.65. The van der Waals surface area contributed by atoms with Crippen LogP contribution in [0.2, 0.25) is 0 Å². The van der Waals surface area contributed by atoms with Crippen molar-refractivity contribution in [1.29, 1.82) is 0 Å². The zero-order valence-electron chi connectivity index (χ0n) is 13.8. The van der Waals surface area contributed by atoms with Crippen molar-refractivity contribution in [2.24, 2.45) is 5.92 Å². The molecule has 0 unspecified atom stereocenters. The van der Waals surface area contributed by atoms with E-state index in [1.807, 2.05) is 18.2 Å². The summed E-state index contributed by atoms with van der Waals surface area (Å²) >= 11 is 0. The first-order chi connectivity index (χ1) is 11.3. The minimum atomic E-state index is -0.177. The van der Waals surface area contributed by atoms with Gasteiger partial charge in [0.05, 0.1) is 0 Å². The molecule has 122 valence electrons. The van der Waals surface area contributed by atoms with Crippen LogP contribution in [0.5, 0.6) is 0 Å². The lowest BCUT2D eigenvalue weighted by Crippen LogP contribution is -2.19. The highest BCUT2D eigenvalue weighted by Crippen LogP contribution is 2.29. The third-order valence-electron chi connectivity index (χ3n) is 4.93. The van der Waals surface area contributed by atoms with E-state index in [0.717, 1.165) is 18.2 Å². The van der Waals surface area contributed by atoms with Gasteiger partial charge in [0.2, 0.25) is 0 Å². The van der Waals surface area contributed by atoms with Gasteiger partial charge in [0.15, 0.2) is 0 Å². The van der Waals surface area contributed by atoms with Gasteiger partial charge in [0.1, 0.15) is 5.82 Å². The van der Waals surface area contributed by atoms with Gasteiger partial charge in [-0.15, -0.1) is 0 Å². The second-order valence-electron chi connectivity index (χ2n) is 6.61. The van der Waals surface area contributed by atoms with Gasteiger partial charge in [-0.3, -0.25) is 0 Å². The van der Waals surface area contributed by atoms with Crippen LogP contribution in [0.15, 0.2) is 54.6 Å². The highest BCUT2D eigenvalue weighted by atomic mass is 19.1. The fourth-order valence-electron chi connectivity index (χ4n) is 3.65. The van der Waals surface area contributed by atoms with E-state index in [-0.39, 0.29) is 5.82 Å². The van der Waals surface area contributed by atoms with Gasteiger partial charge < -0.3 is 4.90 Å². The lowest BCUT2D eigenvalue weighted by Gasteiger charge is -2.27. The fraction of sp³-hybridized carbons (Fsp3) is 0.429. The Morgan fingerprint density at radius 3 is 2.17 bits per heavy atom. The second-order valence-corrected chi connectivity index (χ2v) is 6.61. The number of nitrogens with zero attached hydrogens (tertiary/aromatic N) is 1. The van der Waals surface area contributed by atoms with Crippen molar-refractivity contribution in [2.45, 2.75) is 44.9 Å². The summed E-state index contributed by atoms with van der Waals surface area (Å²) in [6, 6.07) is 17.3. The quantitative estimate of drug-likeness (QED) is 0.603. The maximum Gasteiger partial charge on any atom is 0.123 e. The van der Waals surface area contributed by atoms with Crippen LogP contribution in [0.25, 0.3) is 0 Å². The van der Waals surface area contributed by atoms with Gasteiger partial charge in [0, 0.05) is 17.9 Å². The van der Waals surface area contributed by atoms with Gasteiger partial charge >= 0.3 is 0 Å². The van der Waals surface area contributed by atoms with E-state index in [2.05, 4.69) is 29.2 Å². The van der Waals surface area contributed by atoms with Crippen LogP contribution in [0.3, 0.4) is 0 Å². The van der Waals surface area contributed by atoms with Gasteiger partial charge in [-0.1, -0.05) is 50.3 Å². The van der Waals surface area contributed by atoms with E-state index in [1.54, 1.807) is 12.1 Å². The van der Waals surface area contributed by atoms with Crippen LogP contribution >= 0.6 is 0 Å². The molecule has 0 N–H and O–H groups in total. The Bertz CT molecular complexity index is 573. The van der Waals surface area contributed by atoms with Gasteiger partial charge in [-0.05, 0) is 55.2 Å². The first-order valence-corrected chi connectivity index (χ1v) is 8.91. The lowest BCUT2D eigenvalue weighted by atomic mass is 9.86. The standard InChI is InChI=1S/C21H26FN/c22-19-13-15-21(16-14-19)23(20-11-5-2-6-12-20)17-7-10-18-8-3-1-4-9-18/h2,5-6,11-16,18H,1,3-4,7-10,17H2. The predicted molar refractivity (Wildman–Crippen MR) is 95.7 cm³/mol. The molecule has 0 saturated heterocycles. The number of para-hydroxylation sites is 1. The van der Waals surface area contributed by atoms with Gasteiger partial charge in [-0.25, -0.2) is 4.39 Å². The van der Waals surface area contributed by atoms with E-state index in [0.29, 0.717) is 0 Å². The molecular weight excluding hydrogens is 285 g/mol. The highest BCUT2D eigenvalue weighted by molar-refractivity contribution is 5.62. The van der Waals surface area contributed by atoms with E-state index in [9.17, 15) is 4.39 Å². The van der Waals surface area contributed by atoms with Crippen LogP contribution in [0, 0.1) is 11.7 Å². The molecule has 1 fully saturated rings. The summed E-state index contributed by atoms with van der Waals surface area (Å²) in [5, 5.41) is 0. The zero-order chi connectivity index (χ0) is 15.9. The molecule has 2 heteroatoms. The number of halogens is 1. The van der Waals surface area contributed by atoms with Crippen molar-refractivity contribution in [1.82, 2.24) is 0 Å². The average molecular weight is 311 g/mol. The average Bonchev–Trinajstić information content (AvgIpc) is 2.61. The summed E-state index contributed by atoms with van der Waals surface area (Å²) in [5.41, 5.74) is 2.25. The van der Waals surface area contributed by atoms with Crippen molar-refractivity contribution in [3.05, 3.63) is 60.4 Å². The van der Waals surface area contributed by atoms with Gasteiger partial charge in [-0.2, -0.15) is 0 Å². The third kappa shape index (κ3) is 4.57. The molecule has 0 aromatic heterocycles. The number of hydrogen-bond acceptors (Lipinski definition) is 1. The third-order valence-corrected chi connectivity index (χ3v) is 4.93. The van der Waals surface area contributed by atoms with Crippen molar-refractivity contribution < 1.29 is 4.39 Å².